The molecule has 8 rings (SSSR count). The fourth-order valence-electron chi connectivity index (χ4n) is 10.4. The minimum atomic E-state index is -1.03. The number of benzene rings is 3. The Morgan fingerprint density at radius 1 is 0.897 bits per heavy atom. The third-order valence-corrected chi connectivity index (χ3v) is 14.0. The highest BCUT2D eigenvalue weighted by molar-refractivity contribution is 5.96. The van der Waals surface area contributed by atoms with Crippen LogP contribution < -0.4 is 15.6 Å². The van der Waals surface area contributed by atoms with Gasteiger partial charge in [0, 0.05) is 86.9 Å². The van der Waals surface area contributed by atoms with Crippen LogP contribution in [0.1, 0.15) is 102 Å². The van der Waals surface area contributed by atoms with Crippen molar-refractivity contribution in [1.29, 1.82) is 0 Å². The van der Waals surface area contributed by atoms with Crippen LogP contribution in [0.2, 0.25) is 0 Å². The number of anilines is 1. The van der Waals surface area contributed by atoms with E-state index < -0.39 is 35.4 Å². The van der Waals surface area contributed by atoms with Crippen molar-refractivity contribution in [2.75, 3.05) is 38.8 Å². The molecule has 360 valence electrons. The van der Waals surface area contributed by atoms with Gasteiger partial charge >= 0.3 is 5.97 Å². The second-order valence-electron chi connectivity index (χ2n) is 20.1. The van der Waals surface area contributed by atoms with Crippen LogP contribution in [0.25, 0.3) is 33.3 Å². The predicted octanol–water partition coefficient (Wildman–Crippen LogP) is 8.42. The van der Waals surface area contributed by atoms with Gasteiger partial charge in [0.1, 0.15) is 18.1 Å². The van der Waals surface area contributed by atoms with Crippen LogP contribution in [0, 0.1) is 11.3 Å². The van der Waals surface area contributed by atoms with E-state index in [4.69, 9.17) is 14.5 Å². The van der Waals surface area contributed by atoms with Crippen LogP contribution in [0.5, 0.6) is 0 Å². The molecule has 0 spiro atoms. The van der Waals surface area contributed by atoms with Crippen LogP contribution in [0.15, 0.2) is 85.1 Å². The number of carbonyl (C=O) groups excluding carboxylic acids is 4. The third kappa shape index (κ3) is 10.3. The lowest BCUT2D eigenvalue weighted by Gasteiger charge is -2.37. The lowest BCUT2D eigenvalue weighted by atomic mass is 9.84. The minimum Gasteiger partial charge on any atom is -0.464 e. The lowest BCUT2D eigenvalue weighted by Crippen LogP contribution is -2.62. The summed E-state index contributed by atoms with van der Waals surface area (Å²) in [4.78, 5) is 66.1. The van der Waals surface area contributed by atoms with E-state index in [9.17, 15) is 19.2 Å². The van der Waals surface area contributed by atoms with Crippen molar-refractivity contribution < 1.29 is 28.7 Å². The monoisotopic (exact) mass is 924 g/mol. The molecule has 13 heteroatoms. The second kappa shape index (κ2) is 20.7. The Morgan fingerprint density at radius 2 is 1.69 bits per heavy atom. The number of rotatable bonds is 7. The molecule has 4 atom stereocenters. The van der Waals surface area contributed by atoms with Crippen LogP contribution in [0.4, 0.5) is 5.69 Å². The van der Waals surface area contributed by atoms with Crippen molar-refractivity contribution in [3.63, 3.8) is 0 Å². The number of fused-ring (bicyclic) bond motifs is 7. The number of ether oxygens (including phenoxy) is 2. The summed E-state index contributed by atoms with van der Waals surface area (Å²) in [6.07, 6.45) is 5.06. The van der Waals surface area contributed by atoms with E-state index in [1.165, 1.54) is 5.01 Å². The largest absolute Gasteiger partial charge is 0.464 e. The number of pyridine rings is 1. The van der Waals surface area contributed by atoms with Gasteiger partial charge in [-0.25, -0.2) is 5.43 Å². The van der Waals surface area contributed by atoms with Crippen LogP contribution in [-0.2, 0) is 54.6 Å². The first kappa shape index (κ1) is 48.4. The summed E-state index contributed by atoms with van der Waals surface area (Å²) in [7, 11) is 3.39. The Bertz CT molecular complexity index is 2640. The molecule has 13 nitrogen and oxygen atoms in total. The highest BCUT2D eigenvalue weighted by atomic mass is 16.5. The summed E-state index contributed by atoms with van der Waals surface area (Å²) >= 11 is 0. The molecule has 3 aromatic carbocycles. The van der Waals surface area contributed by atoms with E-state index in [1.807, 2.05) is 39.1 Å². The molecule has 2 aromatic heterocycles. The molecular weight excluding hydrogens is 855 g/mol. The Hall–Kier alpha value is -6.05. The fraction of sp³-hybridized carbons (Fsp3) is 0.473. The number of methoxy groups -OCH3 is 1. The van der Waals surface area contributed by atoms with Gasteiger partial charge in [0.2, 0.25) is 11.8 Å². The minimum absolute atomic E-state index is 0.114. The van der Waals surface area contributed by atoms with Gasteiger partial charge in [-0.15, -0.1) is 0 Å². The number of esters is 1. The van der Waals surface area contributed by atoms with Crippen LogP contribution in [0.3, 0.4) is 0 Å². The molecule has 0 saturated carbocycles. The van der Waals surface area contributed by atoms with E-state index >= 15 is 0 Å². The number of aromatic nitrogens is 2. The summed E-state index contributed by atoms with van der Waals surface area (Å²) in [5.41, 5.74) is 12.8. The van der Waals surface area contributed by atoms with E-state index in [1.54, 1.807) is 19.1 Å². The maximum atomic E-state index is 15.0. The molecule has 0 radical (unpaired) electrons. The Balaban J connectivity index is 1.37. The maximum Gasteiger partial charge on any atom is 0.324 e. The highest BCUT2D eigenvalue weighted by Crippen LogP contribution is 2.42. The van der Waals surface area contributed by atoms with Crippen molar-refractivity contribution in [3.05, 3.63) is 107 Å². The first-order valence-electron chi connectivity index (χ1n) is 24.5. The standard InChI is InChI=1S/C55H69N7O6/c1-9-61-47-23-22-39-31-43(47)44(51(61)42-19-15-24-56-49(42)36(4)67-8)32-55(5,6)34-68-54(66)45-20-16-26-62(58-45)53(65)46-29-38-27-40(39)30-41(28-38)60(33-37-17-11-10-12-18-37)25-14-13-21-48(63)59(7)50(35(2)3)52(64)57-46/h10-12,15,17-19,22-24,27-28,30-31,35-36,45-46,50,58H,9,13-14,16,20-21,25-26,29,32-34H2,1-8H3,(H,57,64)/t36-,45-,46-,50-/m0/s1. The number of hydrazine groups is 1. The SMILES string of the molecule is CCn1c(-c2cccnc2[C@H](C)OC)c2c3cc(ccc31)-c1cc3cc(c1)N(Cc1ccccc1)CCCCC(=O)N(C)[C@@H](C(C)C)C(=O)N[C@@H](C3)C(=O)N1CCC[C@H](N1)C(=O)OCC(C)(C)C2. The second-order valence-corrected chi connectivity index (χ2v) is 20.1. The average molecular weight is 924 g/mol. The van der Waals surface area contributed by atoms with Gasteiger partial charge < -0.3 is 29.2 Å². The molecule has 5 aromatic rings. The third-order valence-electron chi connectivity index (χ3n) is 14.0. The fourth-order valence-corrected chi connectivity index (χ4v) is 10.4. The zero-order valence-electron chi connectivity index (χ0n) is 41.1. The summed E-state index contributed by atoms with van der Waals surface area (Å²) in [5, 5.41) is 5.72. The zero-order chi connectivity index (χ0) is 48.3. The number of amides is 3. The summed E-state index contributed by atoms with van der Waals surface area (Å²) < 4.78 is 14.4. The normalized spacial score (nSPS) is 21.4. The first-order chi connectivity index (χ1) is 32.7. The molecule has 5 heterocycles. The molecular formula is C55H69N7O6. The van der Waals surface area contributed by atoms with E-state index in [0.29, 0.717) is 58.3 Å². The molecule has 3 amide bonds. The molecule has 2 N–H and O–H groups in total. The number of nitrogens with zero attached hydrogens (tertiary/aromatic N) is 5. The molecule has 8 bridgehead atoms. The molecule has 1 saturated heterocycles. The molecule has 1 fully saturated rings. The van der Waals surface area contributed by atoms with Gasteiger partial charge in [-0.1, -0.05) is 70.2 Å². The molecule has 3 aliphatic rings. The van der Waals surface area contributed by atoms with Gasteiger partial charge in [-0.3, -0.25) is 29.2 Å². The number of aryl methyl sites for hydroxylation is 1. The quantitative estimate of drug-likeness (QED) is 0.154. The Morgan fingerprint density at radius 3 is 2.44 bits per heavy atom. The number of nitrogens with one attached hydrogen (secondary N) is 2. The smallest absolute Gasteiger partial charge is 0.324 e. The highest BCUT2D eigenvalue weighted by Gasteiger charge is 2.38. The van der Waals surface area contributed by atoms with Gasteiger partial charge in [0.05, 0.1) is 24.1 Å². The van der Waals surface area contributed by atoms with Crippen molar-refractivity contribution in [3.8, 4) is 22.4 Å². The summed E-state index contributed by atoms with van der Waals surface area (Å²) in [5.74, 6) is -1.52. The van der Waals surface area contributed by atoms with Gasteiger partial charge in [-0.2, -0.15) is 0 Å². The average Bonchev–Trinajstić information content (AvgIpc) is 3.64. The Labute approximate surface area is 401 Å². The van der Waals surface area contributed by atoms with Crippen LogP contribution >= 0.6 is 0 Å². The molecule has 0 aliphatic carbocycles. The molecule has 68 heavy (non-hydrogen) atoms. The van der Waals surface area contributed by atoms with Crippen molar-refractivity contribution in [1.82, 2.24) is 30.2 Å². The number of hydrogen-bond acceptors (Lipinski definition) is 9. The maximum absolute atomic E-state index is 15.0. The van der Waals surface area contributed by atoms with Crippen molar-refractivity contribution in [2.24, 2.45) is 11.3 Å². The number of hydrogen-bond donors (Lipinski definition) is 2. The van der Waals surface area contributed by atoms with E-state index in [-0.39, 0.29) is 36.9 Å². The van der Waals surface area contributed by atoms with E-state index in [2.05, 4.69) is 108 Å². The molecule has 0 unspecified atom stereocenters. The van der Waals surface area contributed by atoms with Crippen molar-refractivity contribution in [2.45, 2.75) is 124 Å². The Kier molecular flexibility index (Phi) is 14.7. The molecule has 3 aliphatic heterocycles. The topological polar surface area (TPSA) is 138 Å². The van der Waals surface area contributed by atoms with Gasteiger partial charge in [0.15, 0.2) is 0 Å². The number of cyclic esters (lactones) is 1. The van der Waals surface area contributed by atoms with Crippen LogP contribution in [-0.4, -0.2) is 95.1 Å². The van der Waals surface area contributed by atoms with Crippen molar-refractivity contribution >= 4 is 40.3 Å². The van der Waals surface area contributed by atoms with Gasteiger partial charge in [0.25, 0.3) is 5.91 Å². The van der Waals surface area contributed by atoms with E-state index in [0.717, 1.165) is 67.8 Å². The zero-order valence-corrected chi connectivity index (χ0v) is 41.1. The number of likely N-dealkylation sites (N-methyl/N-ethyl adjacent to an activating group) is 1. The number of carbonyl (C=O) groups is 4. The van der Waals surface area contributed by atoms with Gasteiger partial charge in [-0.05, 0) is 116 Å². The summed E-state index contributed by atoms with van der Waals surface area (Å²) in [6.45, 7) is 14.8. The summed E-state index contributed by atoms with van der Waals surface area (Å²) in [6, 6.07) is 25.1. The first-order valence-corrected chi connectivity index (χ1v) is 24.5. The lowest BCUT2D eigenvalue weighted by molar-refractivity contribution is -0.155. The predicted molar refractivity (Wildman–Crippen MR) is 266 cm³/mol.